The molecule has 0 unspecified atom stereocenters. The molecular weight excluding hydrogens is 422 g/mol. The van der Waals surface area contributed by atoms with Gasteiger partial charge in [-0.3, -0.25) is 0 Å². The zero-order valence-electron chi connectivity index (χ0n) is 9.04. The fourth-order valence-corrected chi connectivity index (χ4v) is 0. The average Bonchev–Trinajstić information content (AvgIpc) is 2.06. The van der Waals surface area contributed by atoms with Crippen LogP contribution < -0.4 is 0 Å². The summed E-state index contributed by atoms with van der Waals surface area (Å²) < 4.78 is 0. The number of rotatable bonds is 2. The Kier molecular flexibility index (Phi) is 19.5. The van der Waals surface area contributed by atoms with Crippen molar-refractivity contribution in [2.75, 3.05) is 0 Å². The Hall–Kier alpha value is 0.208. The summed E-state index contributed by atoms with van der Waals surface area (Å²) in [5.41, 5.74) is 12.8. The van der Waals surface area contributed by atoms with Crippen LogP contribution in [0.15, 0.2) is 0 Å². The van der Waals surface area contributed by atoms with E-state index in [4.69, 9.17) is 30.3 Å². The molecule has 0 aromatic carbocycles. The molecule has 0 fully saturated rings. The van der Waals surface area contributed by atoms with Crippen molar-refractivity contribution in [2.24, 2.45) is 11.8 Å². The fraction of sp³-hybridized carbons (Fsp3) is 0.750. The van der Waals surface area contributed by atoms with Crippen LogP contribution in [0.1, 0.15) is 27.7 Å². The summed E-state index contributed by atoms with van der Waals surface area (Å²) in [5.74, 6) is -1.22. The van der Waals surface area contributed by atoms with Gasteiger partial charge in [0.1, 0.15) is 0 Å². The van der Waals surface area contributed by atoms with Crippen molar-refractivity contribution in [3.63, 3.8) is 0 Å². The number of carbonyl (C=O) groups is 2. The van der Waals surface area contributed by atoms with Crippen molar-refractivity contribution in [1.82, 2.24) is 0 Å². The molecule has 2 amide bonds. The summed E-state index contributed by atoms with van der Waals surface area (Å²) >= 11 is -0.472. The third-order valence-corrected chi connectivity index (χ3v) is 1.05. The molecule has 0 aromatic heterocycles. The first-order chi connectivity index (χ1) is 6.70. The minimum atomic E-state index is -0.491. The van der Waals surface area contributed by atoms with Crippen LogP contribution in [0.3, 0.4) is 0 Å². The second-order valence-electron chi connectivity index (χ2n) is 3.08. The van der Waals surface area contributed by atoms with Crippen molar-refractivity contribution in [2.45, 2.75) is 27.7 Å². The maximum absolute atomic E-state index is 9.81. The predicted octanol–water partition coefficient (Wildman–Crippen LogP) is 3.82. The van der Waals surface area contributed by atoms with Crippen LogP contribution in [0.5, 0.6) is 0 Å². The van der Waals surface area contributed by atoms with E-state index in [1.807, 2.05) is 0 Å². The Bertz CT molecular complexity index is 160. The molecule has 2 N–H and O–H groups in total. The first kappa shape index (κ1) is 20.6. The molecule has 0 saturated heterocycles. The normalized spacial score (nSPS) is 8.80. The summed E-state index contributed by atoms with van der Waals surface area (Å²) in [4.78, 5) is 19.6. The molecule has 0 saturated carbocycles. The number of hydrogen-bond donors (Lipinski definition) is 0. The van der Waals surface area contributed by atoms with E-state index in [1.165, 1.54) is 0 Å². The van der Waals surface area contributed by atoms with Gasteiger partial charge >= 0.3 is 35.3 Å². The second kappa shape index (κ2) is 14.2. The first-order valence-corrected chi connectivity index (χ1v) is 9.67. The molecule has 0 bridgehead atoms. The van der Waals surface area contributed by atoms with Crippen molar-refractivity contribution in [3.8, 4) is 0 Å². The average molecular weight is 438 g/mol. The SMILES string of the molecule is CC(C)C([NH-])=O.CC(C)C([NH-])=O.[Cl][Pt+2][Cl]. The van der Waals surface area contributed by atoms with Gasteiger partial charge in [-0.25, -0.2) is 0 Å². The van der Waals surface area contributed by atoms with Gasteiger partial charge < -0.3 is 21.1 Å². The fourth-order valence-electron chi connectivity index (χ4n) is 0. The number of carbonyl (C=O) groups excluding carboxylic acids is 2. The molecule has 0 radical (unpaired) electrons. The zero-order chi connectivity index (χ0) is 13.0. The Morgan fingerprint density at radius 1 is 0.933 bits per heavy atom. The standard InChI is InChI=1S/2C4H9NO.2ClH.Pt/c2*1-3(2)4(5)6;;;/h2*3H,1-2H3,(H2,5,6);2*1H;/q;;;;+4/p-4. The number of hydrogen-bond acceptors (Lipinski definition) is 2. The maximum atomic E-state index is 9.81. The number of nitrogens with one attached hydrogen (secondary N) is 2. The van der Waals surface area contributed by atoms with Crippen LogP contribution in [0, 0.1) is 11.8 Å². The first-order valence-electron chi connectivity index (χ1n) is 4.03. The van der Waals surface area contributed by atoms with E-state index in [0.29, 0.717) is 0 Å². The van der Waals surface area contributed by atoms with Crippen LogP contribution in [-0.2, 0) is 26.1 Å². The van der Waals surface area contributed by atoms with E-state index in [0.717, 1.165) is 0 Å². The van der Waals surface area contributed by atoms with Gasteiger partial charge in [-0.2, -0.15) is 0 Å². The van der Waals surface area contributed by atoms with Crippen LogP contribution in [-0.4, -0.2) is 11.8 Å². The second-order valence-corrected chi connectivity index (χ2v) is 6.37. The summed E-state index contributed by atoms with van der Waals surface area (Å²) in [6.45, 7) is 6.81. The van der Waals surface area contributed by atoms with Crippen molar-refractivity contribution >= 4 is 30.7 Å². The molecule has 0 aromatic rings. The predicted molar refractivity (Wildman–Crippen MR) is 60.0 cm³/mol. The Morgan fingerprint density at radius 3 is 1.00 bits per heavy atom. The summed E-state index contributed by atoms with van der Waals surface area (Å²) in [6.07, 6.45) is 0. The molecule has 0 aliphatic rings. The Balaban J connectivity index is -0.000000153. The minimum absolute atomic E-state index is 0.120. The van der Waals surface area contributed by atoms with E-state index in [2.05, 4.69) is 0 Å². The van der Waals surface area contributed by atoms with Crippen LogP contribution in [0.4, 0.5) is 0 Å². The molecular formula is C8H16Cl2N2O2Pt. The van der Waals surface area contributed by atoms with E-state index in [-0.39, 0.29) is 11.8 Å². The quantitative estimate of drug-likeness (QED) is 0.657. The van der Waals surface area contributed by atoms with E-state index in [9.17, 15) is 9.59 Å². The summed E-state index contributed by atoms with van der Waals surface area (Å²) in [7, 11) is 9.75. The van der Waals surface area contributed by atoms with E-state index < -0.39 is 28.3 Å². The van der Waals surface area contributed by atoms with Gasteiger partial charge in [-0.05, 0) is 11.8 Å². The molecule has 7 heteroatoms. The van der Waals surface area contributed by atoms with Crippen molar-refractivity contribution < 1.29 is 26.1 Å². The molecule has 0 aliphatic heterocycles. The van der Waals surface area contributed by atoms with Gasteiger partial charge in [0.25, 0.3) is 0 Å². The Morgan fingerprint density at radius 2 is 1.00 bits per heavy atom. The van der Waals surface area contributed by atoms with Gasteiger partial charge in [0.2, 0.25) is 0 Å². The van der Waals surface area contributed by atoms with Gasteiger partial charge in [0, 0.05) is 0 Å². The third kappa shape index (κ3) is 31.4. The Labute approximate surface area is 107 Å². The molecule has 0 spiro atoms. The topological polar surface area (TPSA) is 81.7 Å². The van der Waals surface area contributed by atoms with Crippen LogP contribution in [0.25, 0.3) is 11.5 Å². The molecule has 0 heterocycles. The van der Waals surface area contributed by atoms with Crippen molar-refractivity contribution in [3.05, 3.63) is 11.5 Å². The van der Waals surface area contributed by atoms with E-state index in [1.54, 1.807) is 27.7 Å². The molecule has 0 rings (SSSR count). The van der Waals surface area contributed by atoms with Gasteiger partial charge in [-0.15, -0.1) is 0 Å². The summed E-state index contributed by atoms with van der Waals surface area (Å²) in [6, 6.07) is 0. The molecule has 0 atom stereocenters. The van der Waals surface area contributed by atoms with Crippen LogP contribution >= 0.6 is 18.8 Å². The molecule has 94 valence electrons. The number of halogens is 2. The van der Waals surface area contributed by atoms with Crippen molar-refractivity contribution in [1.29, 1.82) is 0 Å². The van der Waals surface area contributed by atoms with Crippen LogP contribution in [0.2, 0.25) is 0 Å². The zero-order valence-corrected chi connectivity index (χ0v) is 12.8. The van der Waals surface area contributed by atoms with Gasteiger partial charge in [0.15, 0.2) is 0 Å². The third-order valence-electron chi connectivity index (χ3n) is 1.05. The summed E-state index contributed by atoms with van der Waals surface area (Å²) in [5, 5.41) is 0. The molecule has 0 aliphatic carbocycles. The molecule has 15 heavy (non-hydrogen) atoms. The van der Waals surface area contributed by atoms with E-state index >= 15 is 0 Å². The number of amides is 2. The van der Waals surface area contributed by atoms with Gasteiger partial charge in [0.05, 0.1) is 11.8 Å². The molecule has 4 nitrogen and oxygen atoms in total. The monoisotopic (exact) mass is 437 g/mol. The van der Waals surface area contributed by atoms with Gasteiger partial charge in [-0.1, -0.05) is 27.7 Å².